The Morgan fingerprint density at radius 2 is 1.79 bits per heavy atom. The largest absolute Gasteiger partial charge is 0.493 e. The van der Waals surface area contributed by atoms with Crippen molar-refractivity contribution in [1.29, 1.82) is 0 Å². The van der Waals surface area contributed by atoms with Crippen LogP contribution in [0.4, 0.5) is 5.69 Å². The molecule has 3 rings (SSSR count). The van der Waals surface area contributed by atoms with E-state index in [0.717, 1.165) is 0 Å². The fourth-order valence-corrected chi connectivity index (χ4v) is 2.61. The number of amides is 2. The van der Waals surface area contributed by atoms with Gasteiger partial charge in [0, 0.05) is 29.7 Å². The van der Waals surface area contributed by atoms with E-state index in [0.29, 0.717) is 40.0 Å². The summed E-state index contributed by atoms with van der Waals surface area (Å²) in [5, 5.41) is 6.68. The lowest BCUT2D eigenvalue weighted by molar-refractivity contribution is -0.116. The quantitative estimate of drug-likeness (QED) is 0.598. The zero-order valence-corrected chi connectivity index (χ0v) is 16.0. The minimum absolute atomic E-state index is 0.158. The van der Waals surface area contributed by atoms with Gasteiger partial charge in [-0.25, -0.2) is 0 Å². The molecule has 0 saturated heterocycles. The molecule has 0 fully saturated rings. The third-order valence-corrected chi connectivity index (χ3v) is 4.13. The predicted octanol–water partition coefficient (Wildman–Crippen LogP) is 2.42. The Morgan fingerprint density at radius 1 is 1.07 bits per heavy atom. The van der Waals surface area contributed by atoms with E-state index >= 15 is 0 Å². The summed E-state index contributed by atoms with van der Waals surface area (Å²) < 4.78 is 15.7. The van der Waals surface area contributed by atoms with Crippen LogP contribution in [0.3, 0.4) is 0 Å². The summed E-state index contributed by atoms with van der Waals surface area (Å²) >= 11 is 0. The number of carbonyl (C=O) groups is 2. The zero-order chi connectivity index (χ0) is 20.8. The van der Waals surface area contributed by atoms with Crippen molar-refractivity contribution in [2.75, 3.05) is 19.5 Å². The molecule has 0 aliphatic heterocycles. The van der Waals surface area contributed by atoms with Crippen LogP contribution in [0.1, 0.15) is 22.7 Å². The molecule has 0 aliphatic carbocycles. The van der Waals surface area contributed by atoms with E-state index in [1.807, 2.05) is 0 Å². The molecule has 0 aliphatic rings. The minimum atomic E-state index is -0.524. The Kier molecular flexibility index (Phi) is 6.08. The van der Waals surface area contributed by atoms with Gasteiger partial charge in [0.1, 0.15) is 0 Å². The fourth-order valence-electron chi connectivity index (χ4n) is 2.61. The summed E-state index contributed by atoms with van der Waals surface area (Å²) in [6.07, 6.45) is 0.441. The highest BCUT2D eigenvalue weighted by molar-refractivity contribution is 5.94. The van der Waals surface area contributed by atoms with Crippen molar-refractivity contribution < 1.29 is 23.6 Å². The molecule has 1 heterocycles. The van der Waals surface area contributed by atoms with Gasteiger partial charge in [-0.05, 0) is 42.5 Å². The molecule has 2 amide bonds. The van der Waals surface area contributed by atoms with Gasteiger partial charge < -0.3 is 25.0 Å². The second-order valence-corrected chi connectivity index (χ2v) is 6.07. The van der Waals surface area contributed by atoms with Gasteiger partial charge in [0.15, 0.2) is 11.5 Å². The molecule has 1 aromatic heterocycles. The second-order valence-electron chi connectivity index (χ2n) is 6.07. The second kappa shape index (κ2) is 8.87. The molecule has 0 atom stereocenters. The lowest BCUT2D eigenvalue weighted by atomic mass is 10.2. The molecule has 3 N–H and O–H groups in total. The average molecular weight is 396 g/mol. The number of anilines is 1. The average Bonchev–Trinajstić information content (AvgIpc) is 3.21. The van der Waals surface area contributed by atoms with Crippen LogP contribution in [0, 0.1) is 0 Å². The lowest BCUT2D eigenvalue weighted by Gasteiger charge is -2.07. The Morgan fingerprint density at radius 3 is 2.45 bits per heavy atom. The molecule has 9 heteroatoms. The summed E-state index contributed by atoms with van der Waals surface area (Å²) in [5.41, 5.74) is 6.83. The number of ether oxygens (including phenoxy) is 2. The summed E-state index contributed by atoms with van der Waals surface area (Å²) in [5.74, 6) is 1.14. The molecule has 0 radical (unpaired) electrons. The SMILES string of the molecule is COc1ccc(-c2noc(CCC(=O)Nc3ccc(C(N)=O)cc3)n2)cc1OC. The van der Waals surface area contributed by atoms with Crippen molar-refractivity contribution in [2.45, 2.75) is 12.8 Å². The van der Waals surface area contributed by atoms with E-state index in [1.165, 1.54) is 0 Å². The molecule has 150 valence electrons. The zero-order valence-electron chi connectivity index (χ0n) is 16.0. The van der Waals surface area contributed by atoms with E-state index in [1.54, 1.807) is 56.7 Å². The molecule has 29 heavy (non-hydrogen) atoms. The highest BCUT2D eigenvalue weighted by Gasteiger charge is 2.13. The Hall–Kier alpha value is -3.88. The Bertz CT molecular complexity index is 1010. The topological polar surface area (TPSA) is 130 Å². The number of hydrogen-bond donors (Lipinski definition) is 2. The van der Waals surface area contributed by atoms with Crippen LogP contribution in [0.2, 0.25) is 0 Å². The molecule has 0 unspecified atom stereocenters. The maximum atomic E-state index is 12.1. The van der Waals surface area contributed by atoms with E-state index in [4.69, 9.17) is 19.7 Å². The summed E-state index contributed by atoms with van der Waals surface area (Å²) in [7, 11) is 3.10. The summed E-state index contributed by atoms with van der Waals surface area (Å²) in [6.45, 7) is 0. The number of nitrogens with two attached hydrogens (primary N) is 1. The van der Waals surface area contributed by atoms with Crippen molar-refractivity contribution in [1.82, 2.24) is 10.1 Å². The number of nitrogens with one attached hydrogen (secondary N) is 1. The molecule has 3 aromatic rings. The minimum Gasteiger partial charge on any atom is -0.493 e. The summed E-state index contributed by atoms with van der Waals surface area (Å²) in [4.78, 5) is 27.5. The molecule has 2 aromatic carbocycles. The highest BCUT2D eigenvalue weighted by Crippen LogP contribution is 2.31. The maximum absolute atomic E-state index is 12.1. The monoisotopic (exact) mass is 396 g/mol. The standard InChI is InChI=1S/C20H20N4O5/c1-27-15-8-5-13(11-16(15)28-2)20-23-18(29-24-20)10-9-17(25)22-14-6-3-12(4-7-14)19(21)26/h3-8,11H,9-10H2,1-2H3,(H2,21,26)(H,22,25). The van der Waals surface area contributed by atoms with Crippen molar-refractivity contribution in [3.8, 4) is 22.9 Å². The van der Waals surface area contributed by atoms with Gasteiger partial charge in [-0.15, -0.1) is 0 Å². The van der Waals surface area contributed by atoms with Crippen LogP contribution in [0.15, 0.2) is 47.0 Å². The molecule has 0 saturated carbocycles. The number of aromatic nitrogens is 2. The maximum Gasteiger partial charge on any atom is 0.248 e. The van der Waals surface area contributed by atoms with E-state index in [9.17, 15) is 9.59 Å². The number of primary amides is 1. The fraction of sp³-hybridized carbons (Fsp3) is 0.200. The number of hydrogen-bond acceptors (Lipinski definition) is 7. The van der Waals surface area contributed by atoms with E-state index < -0.39 is 5.91 Å². The molecular formula is C20H20N4O5. The van der Waals surface area contributed by atoms with Crippen LogP contribution in [0.25, 0.3) is 11.4 Å². The number of rotatable bonds is 8. The van der Waals surface area contributed by atoms with Gasteiger partial charge >= 0.3 is 0 Å². The van der Waals surface area contributed by atoms with Gasteiger partial charge in [-0.2, -0.15) is 4.98 Å². The molecule has 0 bridgehead atoms. The number of benzene rings is 2. The van der Waals surface area contributed by atoms with Gasteiger partial charge in [-0.1, -0.05) is 5.16 Å². The van der Waals surface area contributed by atoms with Gasteiger partial charge in [-0.3, -0.25) is 9.59 Å². The van der Waals surface area contributed by atoms with Crippen LogP contribution in [0.5, 0.6) is 11.5 Å². The first-order chi connectivity index (χ1) is 14.0. The highest BCUT2D eigenvalue weighted by atomic mass is 16.5. The lowest BCUT2D eigenvalue weighted by Crippen LogP contribution is -2.13. The number of methoxy groups -OCH3 is 2. The van der Waals surface area contributed by atoms with Crippen LogP contribution >= 0.6 is 0 Å². The van der Waals surface area contributed by atoms with Gasteiger partial charge in [0.25, 0.3) is 0 Å². The van der Waals surface area contributed by atoms with Crippen molar-refractivity contribution in [2.24, 2.45) is 5.73 Å². The number of aryl methyl sites for hydroxylation is 1. The number of nitrogens with zero attached hydrogens (tertiary/aromatic N) is 2. The third-order valence-electron chi connectivity index (χ3n) is 4.13. The van der Waals surface area contributed by atoms with Crippen LogP contribution in [-0.4, -0.2) is 36.2 Å². The van der Waals surface area contributed by atoms with Gasteiger partial charge in [0.2, 0.25) is 23.5 Å². The Labute approximate surface area is 166 Å². The number of carbonyl (C=O) groups excluding carboxylic acids is 2. The third kappa shape index (κ3) is 4.89. The first-order valence-corrected chi connectivity index (χ1v) is 8.75. The molecular weight excluding hydrogens is 376 g/mol. The van der Waals surface area contributed by atoms with Crippen molar-refractivity contribution >= 4 is 17.5 Å². The normalized spacial score (nSPS) is 10.4. The summed E-state index contributed by atoms with van der Waals surface area (Å²) in [6, 6.07) is 11.6. The molecule has 9 nitrogen and oxygen atoms in total. The van der Waals surface area contributed by atoms with Crippen LogP contribution < -0.4 is 20.5 Å². The van der Waals surface area contributed by atoms with Crippen molar-refractivity contribution in [3.63, 3.8) is 0 Å². The predicted molar refractivity (Wildman–Crippen MR) is 105 cm³/mol. The van der Waals surface area contributed by atoms with E-state index in [-0.39, 0.29) is 18.7 Å². The van der Waals surface area contributed by atoms with Crippen LogP contribution in [-0.2, 0) is 11.2 Å². The van der Waals surface area contributed by atoms with E-state index in [2.05, 4.69) is 15.5 Å². The first-order valence-electron chi connectivity index (χ1n) is 8.75. The van der Waals surface area contributed by atoms with Crippen molar-refractivity contribution in [3.05, 3.63) is 53.9 Å². The smallest absolute Gasteiger partial charge is 0.248 e. The first kappa shape index (κ1) is 19.9. The van der Waals surface area contributed by atoms with Gasteiger partial charge in [0.05, 0.1) is 14.2 Å². The Balaban J connectivity index is 1.59. The molecule has 0 spiro atoms.